The van der Waals surface area contributed by atoms with Crippen LogP contribution >= 0.6 is 0 Å². The van der Waals surface area contributed by atoms with Crippen molar-refractivity contribution in [2.24, 2.45) is 0 Å². The van der Waals surface area contributed by atoms with Crippen molar-refractivity contribution < 1.29 is 89.4 Å². The minimum Gasteiger partial charge on any atom is -0.394 e. The van der Waals surface area contributed by atoms with Crippen molar-refractivity contribution in [1.82, 2.24) is 5.32 Å². The highest BCUT2D eigenvalue weighted by molar-refractivity contribution is 5.76. The first-order chi connectivity index (χ1) is 40.8. The summed E-state index contributed by atoms with van der Waals surface area (Å²) in [5, 5.41) is 121. The minimum atomic E-state index is -1.97. The number of amides is 1. The van der Waals surface area contributed by atoms with E-state index in [1.165, 1.54) is 199 Å². The molecule has 0 radical (unpaired) electrons. The molecule has 12 N–H and O–H groups in total. The molecule has 0 aromatic rings. The summed E-state index contributed by atoms with van der Waals surface area (Å²) in [6.07, 6.45) is 23.2. The van der Waals surface area contributed by atoms with Crippen LogP contribution < -0.4 is 5.32 Å². The van der Waals surface area contributed by atoms with Crippen LogP contribution in [0.4, 0.5) is 0 Å². The smallest absolute Gasteiger partial charge is 0.220 e. The highest BCUT2D eigenvalue weighted by Gasteiger charge is 2.53. The van der Waals surface area contributed by atoms with Crippen molar-refractivity contribution in [3.8, 4) is 0 Å². The monoisotopic (exact) mass is 1210 g/mol. The zero-order valence-corrected chi connectivity index (χ0v) is 52.4. The summed E-state index contributed by atoms with van der Waals surface area (Å²) in [4.78, 5) is 13.4. The molecule has 3 heterocycles. The molecule has 17 atom stereocenters. The van der Waals surface area contributed by atoms with Crippen molar-refractivity contribution in [3.63, 3.8) is 0 Å². The molecule has 19 nitrogen and oxygen atoms in total. The lowest BCUT2D eigenvalue weighted by molar-refractivity contribution is -0.379. The predicted octanol–water partition coefficient (Wildman–Crippen LogP) is 8.33. The molecule has 498 valence electrons. The van der Waals surface area contributed by atoms with E-state index in [9.17, 15) is 61.0 Å². The second-order valence-corrected chi connectivity index (χ2v) is 25.0. The second-order valence-electron chi connectivity index (χ2n) is 25.0. The normalized spacial score (nSPS) is 29.1. The van der Waals surface area contributed by atoms with E-state index in [2.05, 4.69) is 19.2 Å². The number of hydrogen-bond donors (Lipinski definition) is 12. The van der Waals surface area contributed by atoms with Gasteiger partial charge in [0.25, 0.3) is 0 Å². The molecule has 0 aromatic carbocycles. The Morgan fingerprint density at radius 1 is 0.381 bits per heavy atom. The number of aliphatic hydroxyl groups is 11. The molecule has 3 saturated heterocycles. The van der Waals surface area contributed by atoms with Gasteiger partial charge in [0.05, 0.1) is 38.6 Å². The first-order valence-corrected chi connectivity index (χ1v) is 34.3. The van der Waals surface area contributed by atoms with E-state index in [-0.39, 0.29) is 18.9 Å². The SMILES string of the molecule is CCCCCCCCCCCCCCCCCCCCCCCC(=O)NC(COC1OC(CO)C(OC2OC(CO)C(OC3OC(CO)C(O)C(O)C3O)C(O)C2O)C(O)C1O)C(O)CCCCCCCCCCCCCCCCCCCC. The van der Waals surface area contributed by atoms with Crippen LogP contribution in [0, 0.1) is 0 Å². The van der Waals surface area contributed by atoms with Crippen molar-refractivity contribution in [2.75, 3.05) is 26.4 Å². The second kappa shape index (κ2) is 48.6. The quantitative estimate of drug-likeness (QED) is 0.0255. The van der Waals surface area contributed by atoms with Gasteiger partial charge in [-0.15, -0.1) is 0 Å². The Balaban J connectivity index is 1.44. The van der Waals surface area contributed by atoms with Gasteiger partial charge in [-0.05, 0) is 12.8 Å². The van der Waals surface area contributed by atoms with E-state index in [0.717, 1.165) is 44.9 Å². The van der Waals surface area contributed by atoms with Crippen molar-refractivity contribution in [3.05, 3.63) is 0 Å². The number of hydrogen-bond acceptors (Lipinski definition) is 18. The number of rotatable bonds is 53. The Labute approximate surface area is 506 Å². The summed E-state index contributed by atoms with van der Waals surface area (Å²) in [5.41, 5.74) is 0. The molecule has 3 rings (SSSR count). The Bertz CT molecular complexity index is 1540. The molecule has 0 aromatic heterocycles. The molecule has 1 amide bonds. The van der Waals surface area contributed by atoms with E-state index in [1.54, 1.807) is 0 Å². The lowest BCUT2D eigenvalue weighted by Crippen LogP contribution is -2.66. The standard InChI is InChI=1S/C65H125NO18/c1-3-5-7-9-11-13-15-17-19-21-23-24-25-27-29-31-33-35-37-39-41-43-53(71)66-48(49(70)42-40-38-36-34-32-30-28-26-22-20-18-16-14-12-10-8-6-4-2)47-79-63-59(77)56(74)61(51(45-68)81-63)84-65-60(78)57(75)62(52(46-69)82-65)83-64-58(76)55(73)54(72)50(44-67)80-64/h48-52,54-65,67-70,72-78H,3-47H2,1-2H3,(H,66,71). The summed E-state index contributed by atoms with van der Waals surface area (Å²) >= 11 is 0. The highest BCUT2D eigenvalue weighted by Crippen LogP contribution is 2.33. The van der Waals surface area contributed by atoms with Crippen LogP contribution in [0.25, 0.3) is 0 Å². The van der Waals surface area contributed by atoms with Crippen LogP contribution in [0.15, 0.2) is 0 Å². The fourth-order valence-corrected chi connectivity index (χ4v) is 12.1. The third-order valence-corrected chi connectivity index (χ3v) is 17.7. The average Bonchev–Trinajstić information content (AvgIpc) is 2.76. The summed E-state index contributed by atoms with van der Waals surface area (Å²) < 4.78 is 34.4. The third kappa shape index (κ3) is 31.0. The number of carbonyl (C=O) groups excluding carboxylic acids is 1. The lowest BCUT2D eigenvalue weighted by Gasteiger charge is -2.48. The van der Waals surface area contributed by atoms with Gasteiger partial charge < -0.3 is 89.9 Å². The molecule has 3 aliphatic rings. The van der Waals surface area contributed by atoms with E-state index in [1.807, 2.05) is 0 Å². The van der Waals surface area contributed by atoms with Gasteiger partial charge in [-0.3, -0.25) is 4.79 Å². The fourth-order valence-electron chi connectivity index (χ4n) is 12.1. The van der Waals surface area contributed by atoms with Crippen LogP contribution in [0.2, 0.25) is 0 Å². The molecule has 0 saturated carbocycles. The van der Waals surface area contributed by atoms with E-state index in [0.29, 0.717) is 12.8 Å². The Hall–Kier alpha value is -1.21. The van der Waals surface area contributed by atoms with Gasteiger partial charge in [0.1, 0.15) is 73.2 Å². The molecular weight excluding hydrogens is 1080 g/mol. The van der Waals surface area contributed by atoms with Crippen LogP contribution in [0.3, 0.4) is 0 Å². The first-order valence-electron chi connectivity index (χ1n) is 34.3. The number of unbranched alkanes of at least 4 members (excludes halogenated alkanes) is 37. The summed E-state index contributed by atoms with van der Waals surface area (Å²) in [7, 11) is 0. The first kappa shape index (κ1) is 77.0. The fraction of sp³-hybridized carbons (Fsp3) is 0.985. The number of carbonyl (C=O) groups is 1. The molecule has 3 fully saturated rings. The van der Waals surface area contributed by atoms with E-state index >= 15 is 0 Å². The lowest BCUT2D eigenvalue weighted by atomic mass is 9.96. The molecule has 3 aliphatic heterocycles. The van der Waals surface area contributed by atoms with Gasteiger partial charge in [0.2, 0.25) is 5.91 Å². The largest absolute Gasteiger partial charge is 0.394 e. The van der Waals surface area contributed by atoms with Gasteiger partial charge in [-0.25, -0.2) is 0 Å². The third-order valence-electron chi connectivity index (χ3n) is 17.7. The maximum atomic E-state index is 13.4. The average molecular weight is 1210 g/mol. The summed E-state index contributed by atoms with van der Waals surface area (Å²) in [6.45, 7) is 1.84. The van der Waals surface area contributed by atoms with E-state index < -0.39 is 124 Å². The number of aliphatic hydroxyl groups excluding tert-OH is 11. The van der Waals surface area contributed by atoms with Crippen LogP contribution in [0.5, 0.6) is 0 Å². The number of ether oxygens (including phenoxy) is 6. The van der Waals surface area contributed by atoms with Crippen molar-refractivity contribution >= 4 is 5.91 Å². The van der Waals surface area contributed by atoms with Gasteiger partial charge in [-0.2, -0.15) is 0 Å². The maximum absolute atomic E-state index is 13.4. The van der Waals surface area contributed by atoms with Crippen LogP contribution in [0.1, 0.15) is 277 Å². The molecule has 0 spiro atoms. The van der Waals surface area contributed by atoms with Gasteiger partial charge >= 0.3 is 0 Å². The van der Waals surface area contributed by atoms with Gasteiger partial charge in [0.15, 0.2) is 18.9 Å². The Morgan fingerprint density at radius 2 is 0.679 bits per heavy atom. The zero-order chi connectivity index (χ0) is 61.2. The van der Waals surface area contributed by atoms with Crippen molar-refractivity contribution in [1.29, 1.82) is 0 Å². The predicted molar refractivity (Wildman–Crippen MR) is 324 cm³/mol. The Morgan fingerprint density at radius 3 is 1.04 bits per heavy atom. The molecule has 19 heteroatoms. The maximum Gasteiger partial charge on any atom is 0.220 e. The molecule has 0 bridgehead atoms. The minimum absolute atomic E-state index is 0.236. The molecule has 17 unspecified atom stereocenters. The zero-order valence-electron chi connectivity index (χ0n) is 52.4. The highest BCUT2D eigenvalue weighted by atomic mass is 16.8. The van der Waals surface area contributed by atoms with Gasteiger partial charge in [0, 0.05) is 6.42 Å². The topological polar surface area (TPSA) is 307 Å². The molecule has 0 aliphatic carbocycles. The molecular formula is C65H125NO18. The Kier molecular flexibility index (Phi) is 44.6. The van der Waals surface area contributed by atoms with E-state index in [4.69, 9.17) is 28.4 Å². The van der Waals surface area contributed by atoms with Crippen LogP contribution in [-0.2, 0) is 33.2 Å². The van der Waals surface area contributed by atoms with Gasteiger partial charge in [-0.1, -0.05) is 258 Å². The summed E-state index contributed by atoms with van der Waals surface area (Å²) in [6, 6.07) is -0.881. The number of nitrogens with one attached hydrogen (secondary N) is 1. The summed E-state index contributed by atoms with van der Waals surface area (Å²) in [5.74, 6) is -0.236. The van der Waals surface area contributed by atoms with Crippen LogP contribution in [-0.4, -0.2) is 193 Å². The molecule has 84 heavy (non-hydrogen) atoms. The van der Waals surface area contributed by atoms with Crippen molar-refractivity contribution in [2.45, 2.75) is 381 Å².